The number of hydrogen-bond acceptors (Lipinski definition) is 3. The molecule has 0 heterocycles. The van der Waals surface area contributed by atoms with Gasteiger partial charge in [0.2, 0.25) is 5.91 Å². The third kappa shape index (κ3) is 6.34. The predicted octanol–water partition coefficient (Wildman–Crippen LogP) is 3.74. The van der Waals surface area contributed by atoms with Crippen molar-refractivity contribution in [1.82, 2.24) is 5.32 Å². The molecular formula is C21H26N2O2. The smallest absolute Gasteiger partial charge is 0.244 e. The first-order valence-corrected chi connectivity index (χ1v) is 8.63. The van der Waals surface area contributed by atoms with Crippen molar-refractivity contribution in [2.24, 2.45) is 0 Å². The molecule has 0 aromatic heterocycles. The lowest BCUT2D eigenvalue weighted by Gasteiger charge is -2.23. The van der Waals surface area contributed by atoms with Gasteiger partial charge < -0.3 is 15.0 Å². The van der Waals surface area contributed by atoms with E-state index in [9.17, 15) is 4.79 Å². The van der Waals surface area contributed by atoms with Crippen molar-refractivity contribution in [2.45, 2.75) is 13.3 Å². The number of carbonyl (C=O) groups is 1. The highest BCUT2D eigenvalue weighted by molar-refractivity contribution is 5.91. The largest absolute Gasteiger partial charge is 0.497 e. The Hall–Kier alpha value is -2.75. The molecule has 132 valence electrons. The van der Waals surface area contributed by atoms with Gasteiger partial charge in [-0.05, 0) is 49.2 Å². The molecule has 0 aliphatic rings. The second kappa shape index (κ2) is 10.2. The van der Waals surface area contributed by atoms with Crippen molar-refractivity contribution < 1.29 is 9.53 Å². The van der Waals surface area contributed by atoms with Crippen LogP contribution in [0.15, 0.2) is 60.7 Å². The lowest BCUT2D eigenvalue weighted by Crippen LogP contribution is -2.29. The molecule has 0 unspecified atom stereocenters. The van der Waals surface area contributed by atoms with E-state index in [4.69, 9.17) is 4.74 Å². The van der Waals surface area contributed by atoms with Crippen molar-refractivity contribution in [1.29, 1.82) is 0 Å². The lowest BCUT2D eigenvalue weighted by atomic mass is 10.2. The number of hydrogen-bond donors (Lipinski definition) is 1. The van der Waals surface area contributed by atoms with E-state index < -0.39 is 0 Å². The number of anilines is 1. The fourth-order valence-electron chi connectivity index (χ4n) is 2.54. The SMILES string of the molecule is CCN(CCCNC(=O)/C=C/c1ccc(OC)cc1)c1ccccc1. The maximum atomic E-state index is 11.9. The Morgan fingerprint density at radius 1 is 1.12 bits per heavy atom. The minimum Gasteiger partial charge on any atom is -0.497 e. The van der Waals surface area contributed by atoms with Gasteiger partial charge in [-0.3, -0.25) is 4.79 Å². The van der Waals surface area contributed by atoms with Crippen molar-refractivity contribution in [2.75, 3.05) is 31.6 Å². The van der Waals surface area contributed by atoms with E-state index in [1.54, 1.807) is 19.3 Å². The first kappa shape index (κ1) is 18.6. The summed E-state index contributed by atoms with van der Waals surface area (Å²) in [7, 11) is 1.63. The van der Waals surface area contributed by atoms with Crippen LogP contribution < -0.4 is 15.0 Å². The Kier molecular flexibility index (Phi) is 7.57. The van der Waals surface area contributed by atoms with E-state index in [-0.39, 0.29) is 5.91 Å². The molecular weight excluding hydrogens is 312 g/mol. The number of para-hydroxylation sites is 1. The molecule has 2 aromatic carbocycles. The summed E-state index contributed by atoms with van der Waals surface area (Å²) in [6.45, 7) is 4.68. The third-order valence-electron chi connectivity index (χ3n) is 3.95. The zero-order valence-electron chi connectivity index (χ0n) is 14.9. The Labute approximate surface area is 150 Å². The highest BCUT2D eigenvalue weighted by atomic mass is 16.5. The Morgan fingerprint density at radius 3 is 2.48 bits per heavy atom. The first-order chi connectivity index (χ1) is 12.2. The highest BCUT2D eigenvalue weighted by Crippen LogP contribution is 2.13. The van der Waals surface area contributed by atoms with E-state index in [0.717, 1.165) is 30.8 Å². The number of carbonyl (C=O) groups excluding carboxylic acids is 1. The van der Waals surface area contributed by atoms with E-state index in [2.05, 4.69) is 29.3 Å². The van der Waals surface area contributed by atoms with Gasteiger partial charge in [0.25, 0.3) is 0 Å². The van der Waals surface area contributed by atoms with Crippen LogP contribution in [0.3, 0.4) is 0 Å². The van der Waals surface area contributed by atoms with Gasteiger partial charge in [0.05, 0.1) is 7.11 Å². The molecule has 1 amide bonds. The van der Waals surface area contributed by atoms with Crippen LogP contribution in [0.4, 0.5) is 5.69 Å². The van der Waals surface area contributed by atoms with E-state index in [1.165, 1.54) is 5.69 Å². The summed E-state index contributed by atoms with van der Waals surface area (Å²) in [6.07, 6.45) is 4.28. The molecule has 0 aliphatic carbocycles. The summed E-state index contributed by atoms with van der Waals surface area (Å²) in [5, 5.41) is 2.93. The van der Waals surface area contributed by atoms with Crippen LogP contribution in [0.25, 0.3) is 6.08 Å². The highest BCUT2D eigenvalue weighted by Gasteiger charge is 2.03. The fraction of sp³-hybridized carbons (Fsp3) is 0.286. The minimum absolute atomic E-state index is 0.0708. The Morgan fingerprint density at radius 2 is 1.84 bits per heavy atom. The topological polar surface area (TPSA) is 41.6 Å². The summed E-state index contributed by atoms with van der Waals surface area (Å²) in [5.41, 5.74) is 2.19. The van der Waals surface area contributed by atoms with Gasteiger partial charge in [0.15, 0.2) is 0 Å². The molecule has 0 atom stereocenters. The van der Waals surface area contributed by atoms with Crippen molar-refractivity contribution in [3.05, 3.63) is 66.2 Å². The molecule has 0 radical (unpaired) electrons. The minimum atomic E-state index is -0.0708. The monoisotopic (exact) mass is 338 g/mol. The molecule has 0 bridgehead atoms. The van der Waals surface area contributed by atoms with Crippen LogP contribution in [0, 0.1) is 0 Å². The van der Waals surface area contributed by atoms with Gasteiger partial charge >= 0.3 is 0 Å². The van der Waals surface area contributed by atoms with Gasteiger partial charge in [-0.1, -0.05) is 30.3 Å². The zero-order valence-corrected chi connectivity index (χ0v) is 14.9. The maximum absolute atomic E-state index is 11.9. The van der Waals surface area contributed by atoms with Gasteiger partial charge in [-0.15, -0.1) is 0 Å². The third-order valence-corrected chi connectivity index (χ3v) is 3.95. The molecule has 4 heteroatoms. The summed E-state index contributed by atoms with van der Waals surface area (Å²) in [4.78, 5) is 14.2. The summed E-state index contributed by atoms with van der Waals surface area (Å²) < 4.78 is 5.11. The van der Waals surface area contributed by atoms with Crippen LogP contribution >= 0.6 is 0 Å². The Balaban J connectivity index is 1.71. The number of ether oxygens (including phenoxy) is 1. The van der Waals surface area contributed by atoms with Crippen LogP contribution in [0.1, 0.15) is 18.9 Å². The summed E-state index contributed by atoms with van der Waals surface area (Å²) in [5.74, 6) is 0.735. The zero-order chi connectivity index (χ0) is 17.9. The average molecular weight is 338 g/mol. The van der Waals surface area contributed by atoms with Crippen molar-refractivity contribution in [3.63, 3.8) is 0 Å². The standard InChI is InChI=1S/C21H26N2O2/c1-3-23(19-8-5-4-6-9-19)17-7-16-22-21(24)15-12-18-10-13-20(25-2)14-11-18/h4-6,8-15H,3,7,16-17H2,1-2H3,(H,22,24)/b15-12+. The van der Waals surface area contributed by atoms with E-state index in [1.807, 2.05) is 42.5 Å². The summed E-state index contributed by atoms with van der Waals surface area (Å²) >= 11 is 0. The number of nitrogens with zero attached hydrogens (tertiary/aromatic N) is 1. The normalized spacial score (nSPS) is 10.6. The number of methoxy groups -OCH3 is 1. The van der Waals surface area contributed by atoms with Crippen LogP contribution in [-0.4, -0.2) is 32.7 Å². The second-order valence-electron chi connectivity index (χ2n) is 5.67. The van der Waals surface area contributed by atoms with E-state index >= 15 is 0 Å². The molecule has 1 N–H and O–H groups in total. The van der Waals surface area contributed by atoms with Gasteiger partial charge in [0, 0.05) is 31.4 Å². The van der Waals surface area contributed by atoms with Crippen LogP contribution in [0.2, 0.25) is 0 Å². The Bertz CT molecular complexity index is 666. The molecule has 0 saturated heterocycles. The van der Waals surface area contributed by atoms with Crippen LogP contribution in [-0.2, 0) is 4.79 Å². The number of rotatable bonds is 9. The molecule has 25 heavy (non-hydrogen) atoms. The molecule has 2 rings (SSSR count). The lowest BCUT2D eigenvalue weighted by molar-refractivity contribution is -0.116. The molecule has 2 aromatic rings. The van der Waals surface area contributed by atoms with Gasteiger partial charge in [0.1, 0.15) is 5.75 Å². The van der Waals surface area contributed by atoms with Crippen molar-refractivity contribution in [3.8, 4) is 5.75 Å². The summed E-state index contributed by atoms with van der Waals surface area (Å²) in [6, 6.07) is 17.9. The molecule has 4 nitrogen and oxygen atoms in total. The first-order valence-electron chi connectivity index (χ1n) is 8.63. The molecule has 0 fully saturated rings. The van der Waals surface area contributed by atoms with Gasteiger partial charge in [-0.25, -0.2) is 0 Å². The van der Waals surface area contributed by atoms with Crippen LogP contribution in [0.5, 0.6) is 5.75 Å². The van der Waals surface area contributed by atoms with Crippen molar-refractivity contribution >= 4 is 17.7 Å². The number of benzene rings is 2. The predicted molar refractivity (Wildman–Crippen MR) is 104 cm³/mol. The molecule has 0 spiro atoms. The number of nitrogens with one attached hydrogen (secondary N) is 1. The molecule has 0 saturated carbocycles. The maximum Gasteiger partial charge on any atom is 0.244 e. The fourth-order valence-corrected chi connectivity index (χ4v) is 2.54. The second-order valence-corrected chi connectivity index (χ2v) is 5.67. The van der Waals surface area contributed by atoms with Gasteiger partial charge in [-0.2, -0.15) is 0 Å². The quantitative estimate of drug-likeness (QED) is 0.559. The number of amides is 1. The average Bonchev–Trinajstić information content (AvgIpc) is 2.67. The molecule has 0 aliphatic heterocycles. The van der Waals surface area contributed by atoms with E-state index in [0.29, 0.717) is 6.54 Å².